The van der Waals surface area contributed by atoms with Crippen LogP contribution in [0.25, 0.3) is 0 Å². The Labute approximate surface area is 125 Å². The number of nitrogens with two attached hydrogens (primary N) is 1. The third-order valence-corrected chi connectivity index (χ3v) is 3.65. The maximum atomic E-state index is 5.76. The summed E-state index contributed by atoms with van der Waals surface area (Å²) in [6.45, 7) is 13.6. The highest BCUT2D eigenvalue weighted by Crippen LogP contribution is 2.27. The van der Waals surface area contributed by atoms with Crippen molar-refractivity contribution in [1.82, 2.24) is 5.43 Å². The number of hydrogen-bond donors (Lipinski definition) is 2. The molecule has 0 aromatic heterocycles. The van der Waals surface area contributed by atoms with Gasteiger partial charge in [0.25, 0.3) is 0 Å². The lowest BCUT2D eigenvalue weighted by Crippen LogP contribution is -2.38. The predicted molar refractivity (Wildman–Crippen MR) is 88.6 cm³/mol. The summed E-state index contributed by atoms with van der Waals surface area (Å²) in [5.74, 6) is 6.44. The highest BCUT2D eigenvalue weighted by molar-refractivity contribution is 5.29. The Morgan fingerprint density at radius 2 is 1.65 bits per heavy atom. The third kappa shape index (κ3) is 6.53. The van der Waals surface area contributed by atoms with Crippen LogP contribution in [0.3, 0.4) is 0 Å². The fourth-order valence-electron chi connectivity index (χ4n) is 3.30. The second-order valence-corrected chi connectivity index (χ2v) is 7.67. The van der Waals surface area contributed by atoms with E-state index in [1.807, 2.05) is 0 Å². The summed E-state index contributed by atoms with van der Waals surface area (Å²) >= 11 is 0. The maximum absolute atomic E-state index is 5.76. The van der Waals surface area contributed by atoms with Gasteiger partial charge in [-0.2, -0.15) is 0 Å². The van der Waals surface area contributed by atoms with Crippen LogP contribution in [0.5, 0.6) is 0 Å². The Hall–Kier alpha value is -0.860. The van der Waals surface area contributed by atoms with E-state index in [2.05, 4.69) is 65.2 Å². The monoisotopic (exact) mass is 276 g/mol. The van der Waals surface area contributed by atoms with Gasteiger partial charge in [-0.1, -0.05) is 57.0 Å². The van der Waals surface area contributed by atoms with Crippen LogP contribution in [-0.2, 0) is 6.42 Å². The minimum Gasteiger partial charge on any atom is -0.271 e. The summed E-state index contributed by atoms with van der Waals surface area (Å²) < 4.78 is 0. The second-order valence-electron chi connectivity index (χ2n) is 7.67. The Balaban J connectivity index is 2.63. The van der Waals surface area contributed by atoms with Crippen molar-refractivity contribution in [2.45, 2.75) is 66.8 Å². The van der Waals surface area contributed by atoms with Crippen molar-refractivity contribution in [2.75, 3.05) is 0 Å². The van der Waals surface area contributed by atoms with Gasteiger partial charge in [0.15, 0.2) is 0 Å². The third-order valence-electron chi connectivity index (χ3n) is 3.65. The fourth-order valence-corrected chi connectivity index (χ4v) is 3.30. The molecular formula is C18H32N2. The lowest BCUT2D eigenvalue weighted by atomic mass is 9.82. The van der Waals surface area contributed by atoms with Gasteiger partial charge >= 0.3 is 0 Å². The van der Waals surface area contributed by atoms with Crippen LogP contribution in [0.4, 0.5) is 0 Å². The van der Waals surface area contributed by atoms with Gasteiger partial charge < -0.3 is 0 Å². The zero-order valence-corrected chi connectivity index (χ0v) is 14.1. The molecule has 0 aliphatic rings. The van der Waals surface area contributed by atoms with Gasteiger partial charge in [0.05, 0.1) is 0 Å². The molecule has 0 amide bonds. The number of benzene rings is 1. The van der Waals surface area contributed by atoms with Gasteiger partial charge in [-0.25, -0.2) is 0 Å². The molecule has 2 unspecified atom stereocenters. The van der Waals surface area contributed by atoms with E-state index in [1.165, 1.54) is 23.1 Å². The first-order valence-electron chi connectivity index (χ1n) is 7.73. The minimum atomic E-state index is 0.355. The average molecular weight is 276 g/mol. The van der Waals surface area contributed by atoms with Crippen LogP contribution < -0.4 is 11.3 Å². The summed E-state index contributed by atoms with van der Waals surface area (Å²) in [5, 5.41) is 0. The van der Waals surface area contributed by atoms with Gasteiger partial charge in [-0.3, -0.25) is 11.3 Å². The molecule has 3 N–H and O–H groups in total. The van der Waals surface area contributed by atoms with E-state index < -0.39 is 0 Å². The van der Waals surface area contributed by atoms with Crippen LogP contribution in [0.15, 0.2) is 18.2 Å². The van der Waals surface area contributed by atoms with E-state index >= 15 is 0 Å². The topological polar surface area (TPSA) is 38.0 Å². The van der Waals surface area contributed by atoms with Crippen LogP contribution in [0.1, 0.15) is 57.2 Å². The maximum Gasteiger partial charge on any atom is 0.0253 e. The van der Waals surface area contributed by atoms with E-state index in [9.17, 15) is 0 Å². The molecule has 0 saturated heterocycles. The summed E-state index contributed by atoms with van der Waals surface area (Å²) in [6.07, 6.45) is 3.37. The van der Waals surface area contributed by atoms with Crippen LogP contribution in [0, 0.1) is 25.2 Å². The number of hydrogen-bond acceptors (Lipinski definition) is 2. The largest absolute Gasteiger partial charge is 0.271 e. The lowest BCUT2D eigenvalue weighted by molar-refractivity contribution is 0.274. The molecular weight excluding hydrogens is 244 g/mol. The molecule has 114 valence electrons. The van der Waals surface area contributed by atoms with E-state index in [0.29, 0.717) is 17.4 Å². The molecule has 0 fully saturated rings. The Bertz CT molecular complexity index is 398. The molecule has 1 aromatic carbocycles. The Morgan fingerprint density at radius 1 is 1.10 bits per heavy atom. The smallest absolute Gasteiger partial charge is 0.0253 e. The molecule has 0 aliphatic carbocycles. The summed E-state index contributed by atoms with van der Waals surface area (Å²) in [4.78, 5) is 0. The molecule has 2 nitrogen and oxygen atoms in total. The first-order chi connectivity index (χ1) is 9.19. The van der Waals surface area contributed by atoms with Crippen molar-refractivity contribution in [1.29, 1.82) is 0 Å². The number of rotatable bonds is 6. The van der Waals surface area contributed by atoms with Crippen LogP contribution in [-0.4, -0.2) is 6.04 Å². The summed E-state index contributed by atoms with van der Waals surface area (Å²) in [6, 6.07) is 7.11. The molecule has 0 aliphatic heterocycles. The minimum absolute atomic E-state index is 0.355. The lowest BCUT2D eigenvalue weighted by Gasteiger charge is -2.26. The Morgan fingerprint density at radius 3 is 2.10 bits per heavy atom. The molecule has 1 aromatic rings. The van der Waals surface area contributed by atoms with E-state index in [1.54, 1.807) is 0 Å². The fraction of sp³-hybridized carbons (Fsp3) is 0.667. The molecule has 0 heterocycles. The molecule has 0 saturated carbocycles. The van der Waals surface area contributed by atoms with Gasteiger partial charge in [0.1, 0.15) is 0 Å². The molecule has 1 rings (SSSR count). The average Bonchev–Trinajstić information content (AvgIpc) is 2.23. The summed E-state index contributed by atoms with van der Waals surface area (Å²) in [5.41, 5.74) is 7.44. The van der Waals surface area contributed by atoms with Crippen molar-refractivity contribution in [3.63, 3.8) is 0 Å². The van der Waals surface area contributed by atoms with Crippen molar-refractivity contribution in [3.8, 4) is 0 Å². The number of aryl methyl sites for hydroxylation is 2. The summed E-state index contributed by atoms with van der Waals surface area (Å²) in [7, 11) is 0. The highest BCUT2D eigenvalue weighted by atomic mass is 15.2. The van der Waals surface area contributed by atoms with Gasteiger partial charge in [-0.05, 0) is 50.0 Å². The van der Waals surface area contributed by atoms with Crippen molar-refractivity contribution in [3.05, 3.63) is 34.9 Å². The van der Waals surface area contributed by atoms with Gasteiger partial charge in [-0.15, -0.1) is 0 Å². The van der Waals surface area contributed by atoms with Crippen LogP contribution >= 0.6 is 0 Å². The van der Waals surface area contributed by atoms with Crippen molar-refractivity contribution < 1.29 is 0 Å². The standard InChI is InChI=1S/C18H32N2/c1-13-7-14(2)9-16(8-13)11-17(20-19)10-15(3)12-18(4,5)6/h7-9,15,17,20H,10-12,19H2,1-6H3. The first-order valence-corrected chi connectivity index (χ1v) is 7.73. The molecule has 2 atom stereocenters. The highest BCUT2D eigenvalue weighted by Gasteiger charge is 2.19. The molecule has 0 spiro atoms. The van der Waals surface area contributed by atoms with Crippen molar-refractivity contribution >= 4 is 0 Å². The molecule has 0 radical (unpaired) electrons. The molecule has 2 heteroatoms. The first kappa shape index (κ1) is 17.2. The normalized spacial score (nSPS) is 15.2. The van der Waals surface area contributed by atoms with E-state index in [0.717, 1.165) is 12.8 Å². The van der Waals surface area contributed by atoms with Crippen molar-refractivity contribution in [2.24, 2.45) is 17.2 Å². The number of hydrazine groups is 1. The predicted octanol–water partition coefficient (Wildman–Crippen LogP) is 4.14. The van der Waals surface area contributed by atoms with Gasteiger partial charge in [0.2, 0.25) is 0 Å². The zero-order valence-electron chi connectivity index (χ0n) is 14.1. The SMILES string of the molecule is Cc1cc(C)cc(CC(CC(C)CC(C)(C)C)NN)c1. The van der Waals surface area contributed by atoms with Crippen LogP contribution in [0.2, 0.25) is 0 Å². The van der Waals surface area contributed by atoms with Gasteiger partial charge in [0, 0.05) is 6.04 Å². The molecule has 20 heavy (non-hydrogen) atoms. The second kappa shape index (κ2) is 7.24. The van der Waals surface area contributed by atoms with E-state index in [-0.39, 0.29) is 0 Å². The quantitative estimate of drug-likeness (QED) is 0.605. The van der Waals surface area contributed by atoms with E-state index in [4.69, 9.17) is 5.84 Å². The molecule has 0 bridgehead atoms. The zero-order chi connectivity index (χ0) is 15.3. The Kier molecular flexibility index (Phi) is 6.22. The number of nitrogens with one attached hydrogen (secondary N) is 1.